The normalized spacial score (nSPS) is 11.9. The topological polar surface area (TPSA) is 67.2 Å². The summed E-state index contributed by atoms with van der Waals surface area (Å²) in [5, 5.41) is 3.95. The molecule has 6 nitrogen and oxygen atoms in total. The van der Waals surface area contributed by atoms with E-state index in [-0.39, 0.29) is 23.0 Å². The number of aromatic nitrogens is 2. The van der Waals surface area contributed by atoms with Gasteiger partial charge in [0.2, 0.25) is 15.0 Å². The quantitative estimate of drug-likeness (QED) is 0.634. The highest BCUT2D eigenvalue weighted by Crippen LogP contribution is 2.24. The molecular weight excluding hydrogens is 404 g/mol. The zero-order chi connectivity index (χ0) is 21.8. The van der Waals surface area contributed by atoms with Crippen molar-refractivity contribution in [2.24, 2.45) is 0 Å². The van der Waals surface area contributed by atoms with Crippen molar-refractivity contribution >= 4 is 27.2 Å². The Hall–Kier alpha value is -1.93. The molecular formula is C21H32N4O2S2. The van der Waals surface area contributed by atoms with Crippen LogP contribution in [0.15, 0.2) is 35.6 Å². The predicted octanol–water partition coefficient (Wildman–Crippen LogP) is 3.85. The Balaban J connectivity index is 2.42. The highest BCUT2D eigenvalue weighted by atomic mass is 32.2. The fourth-order valence-electron chi connectivity index (χ4n) is 3.23. The molecule has 2 rings (SSSR count). The highest BCUT2D eigenvalue weighted by Gasteiger charge is 2.27. The molecule has 1 heterocycles. The van der Waals surface area contributed by atoms with E-state index in [4.69, 9.17) is 12.2 Å². The van der Waals surface area contributed by atoms with Gasteiger partial charge < -0.3 is 14.8 Å². The zero-order valence-corrected chi connectivity index (χ0v) is 19.8. The van der Waals surface area contributed by atoms with E-state index in [9.17, 15) is 8.42 Å². The first-order valence-electron chi connectivity index (χ1n) is 9.96. The second kappa shape index (κ2) is 9.71. The van der Waals surface area contributed by atoms with E-state index in [0.717, 1.165) is 23.4 Å². The lowest BCUT2D eigenvalue weighted by atomic mass is 10.1. The predicted molar refractivity (Wildman–Crippen MR) is 122 cm³/mol. The van der Waals surface area contributed by atoms with Crippen LogP contribution in [0.3, 0.4) is 0 Å². The van der Waals surface area contributed by atoms with Crippen LogP contribution in [0.5, 0.6) is 0 Å². The fourth-order valence-corrected chi connectivity index (χ4v) is 5.36. The maximum Gasteiger partial charge on any atom is 0.228 e. The summed E-state index contributed by atoms with van der Waals surface area (Å²) >= 11 is 5.51. The molecule has 1 N–H and O–H groups in total. The van der Waals surface area contributed by atoms with Gasteiger partial charge in [0.1, 0.15) is 0 Å². The summed E-state index contributed by atoms with van der Waals surface area (Å²) in [6.45, 7) is 13.2. The van der Waals surface area contributed by atoms with Crippen LogP contribution >= 0.6 is 12.2 Å². The third-order valence-electron chi connectivity index (χ3n) is 4.79. The van der Waals surface area contributed by atoms with E-state index in [0.29, 0.717) is 11.7 Å². The largest absolute Gasteiger partial charge is 0.363 e. The Bertz CT molecular complexity index is 949. The van der Waals surface area contributed by atoms with Crippen molar-refractivity contribution < 1.29 is 8.42 Å². The number of nitrogens with one attached hydrogen (secondary N) is 1. The average Bonchev–Trinajstić information content (AvgIpc) is 3.06. The standard InChI is InChI=1S/C21H32N4O2S2/c1-7-22-20(28)24(15(2)3)13-19-12-23-21(25(19)16(4)5)29(26,27)14-18-11-9-8-10-17(18)6/h8-12,15-16H,7,13-14H2,1-6H3,(H,22,28). The van der Waals surface area contributed by atoms with Gasteiger partial charge in [-0.15, -0.1) is 0 Å². The second-order valence-corrected chi connectivity index (χ2v) is 10.0. The molecule has 8 heteroatoms. The fraction of sp³-hybridized carbons (Fsp3) is 0.524. The monoisotopic (exact) mass is 436 g/mol. The van der Waals surface area contributed by atoms with Crippen molar-refractivity contribution in [3.8, 4) is 0 Å². The molecule has 0 spiro atoms. The average molecular weight is 437 g/mol. The minimum absolute atomic E-state index is 0.0455. The van der Waals surface area contributed by atoms with E-state index in [1.165, 1.54) is 0 Å². The van der Waals surface area contributed by atoms with Gasteiger partial charge in [-0.1, -0.05) is 24.3 Å². The van der Waals surface area contributed by atoms with Crippen molar-refractivity contribution in [1.29, 1.82) is 0 Å². The SMILES string of the molecule is CCNC(=S)N(Cc1cnc(S(=O)(=O)Cc2ccccc2C)n1C(C)C)C(C)C. The summed E-state index contributed by atoms with van der Waals surface area (Å²) in [4.78, 5) is 6.39. The van der Waals surface area contributed by atoms with Gasteiger partial charge in [-0.3, -0.25) is 0 Å². The zero-order valence-electron chi connectivity index (χ0n) is 18.1. The number of rotatable bonds is 8. The van der Waals surface area contributed by atoms with E-state index >= 15 is 0 Å². The van der Waals surface area contributed by atoms with Gasteiger partial charge in [0.05, 0.1) is 24.2 Å². The number of hydrogen-bond donors (Lipinski definition) is 1. The molecule has 0 aliphatic heterocycles. The van der Waals surface area contributed by atoms with Crippen LogP contribution in [0.25, 0.3) is 0 Å². The van der Waals surface area contributed by atoms with Crippen LogP contribution in [-0.2, 0) is 22.1 Å². The Kier molecular flexibility index (Phi) is 7.82. The molecule has 0 atom stereocenters. The number of imidazole rings is 1. The third kappa shape index (κ3) is 5.57. The summed E-state index contributed by atoms with van der Waals surface area (Å²) < 4.78 is 28.2. The number of thiocarbonyl (C=S) groups is 1. The van der Waals surface area contributed by atoms with E-state index in [1.807, 2.05) is 61.4 Å². The third-order valence-corrected chi connectivity index (χ3v) is 6.71. The minimum Gasteiger partial charge on any atom is -0.363 e. The molecule has 29 heavy (non-hydrogen) atoms. The maximum absolute atomic E-state index is 13.2. The van der Waals surface area contributed by atoms with E-state index < -0.39 is 9.84 Å². The number of hydrogen-bond acceptors (Lipinski definition) is 4. The van der Waals surface area contributed by atoms with Crippen molar-refractivity contribution in [3.05, 3.63) is 47.3 Å². The Morgan fingerprint density at radius 2 is 1.90 bits per heavy atom. The molecule has 0 radical (unpaired) electrons. The molecule has 0 saturated heterocycles. The van der Waals surface area contributed by atoms with Crippen molar-refractivity contribution in [2.75, 3.05) is 6.54 Å². The molecule has 1 aromatic heterocycles. The Labute approximate surface area is 180 Å². The van der Waals surface area contributed by atoms with Crippen molar-refractivity contribution in [2.45, 2.75) is 71.1 Å². The molecule has 0 aliphatic rings. The molecule has 1 aromatic carbocycles. The van der Waals surface area contributed by atoms with E-state index in [2.05, 4.69) is 24.1 Å². The number of nitrogens with zero attached hydrogens (tertiary/aromatic N) is 3. The van der Waals surface area contributed by atoms with Crippen molar-refractivity contribution in [3.63, 3.8) is 0 Å². The molecule has 0 fully saturated rings. The highest BCUT2D eigenvalue weighted by molar-refractivity contribution is 7.90. The van der Waals surface area contributed by atoms with Gasteiger partial charge in [-0.2, -0.15) is 0 Å². The van der Waals surface area contributed by atoms with Gasteiger partial charge >= 0.3 is 0 Å². The first-order valence-corrected chi connectivity index (χ1v) is 12.0. The van der Waals surface area contributed by atoms with Crippen LogP contribution in [0, 0.1) is 6.92 Å². The molecule has 2 aromatic rings. The number of sulfone groups is 1. The van der Waals surface area contributed by atoms with Crippen molar-refractivity contribution in [1.82, 2.24) is 19.8 Å². The Morgan fingerprint density at radius 3 is 2.45 bits per heavy atom. The number of aryl methyl sites for hydroxylation is 1. The first kappa shape index (κ1) is 23.3. The lowest BCUT2D eigenvalue weighted by Crippen LogP contribution is -2.43. The van der Waals surface area contributed by atoms with Gasteiger partial charge in [0, 0.05) is 18.6 Å². The van der Waals surface area contributed by atoms with Gasteiger partial charge in [-0.25, -0.2) is 13.4 Å². The number of benzene rings is 1. The van der Waals surface area contributed by atoms with Crippen LogP contribution in [0.4, 0.5) is 0 Å². The van der Waals surface area contributed by atoms with Gasteiger partial charge in [0.15, 0.2) is 5.11 Å². The molecule has 0 saturated carbocycles. The van der Waals surface area contributed by atoms with Crippen LogP contribution in [-0.4, -0.2) is 40.6 Å². The van der Waals surface area contributed by atoms with Crippen LogP contribution in [0.2, 0.25) is 0 Å². The summed E-state index contributed by atoms with van der Waals surface area (Å²) in [6.07, 6.45) is 1.66. The smallest absolute Gasteiger partial charge is 0.228 e. The lowest BCUT2D eigenvalue weighted by molar-refractivity contribution is 0.323. The minimum atomic E-state index is -3.59. The van der Waals surface area contributed by atoms with Gasteiger partial charge in [0.25, 0.3) is 0 Å². The lowest BCUT2D eigenvalue weighted by Gasteiger charge is -2.30. The van der Waals surface area contributed by atoms with Crippen LogP contribution < -0.4 is 5.32 Å². The molecule has 0 unspecified atom stereocenters. The summed E-state index contributed by atoms with van der Waals surface area (Å²) in [6, 6.07) is 7.67. The Morgan fingerprint density at radius 1 is 1.24 bits per heavy atom. The molecule has 0 amide bonds. The second-order valence-electron chi connectivity index (χ2n) is 7.74. The van der Waals surface area contributed by atoms with Crippen LogP contribution in [0.1, 0.15) is 57.5 Å². The summed E-state index contributed by atoms with van der Waals surface area (Å²) in [5.74, 6) is -0.0630. The molecule has 0 aliphatic carbocycles. The molecule has 160 valence electrons. The summed E-state index contributed by atoms with van der Waals surface area (Å²) in [7, 11) is -3.59. The molecule has 0 bridgehead atoms. The maximum atomic E-state index is 13.2. The first-order chi connectivity index (χ1) is 13.6. The van der Waals surface area contributed by atoms with E-state index in [1.54, 1.807) is 6.20 Å². The van der Waals surface area contributed by atoms with Gasteiger partial charge in [-0.05, 0) is 64.9 Å². The summed E-state index contributed by atoms with van der Waals surface area (Å²) in [5.41, 5.74) is 2.59.